The fraction of sp³-hybridized carbons (Fsp3) is 0.484. The quantitative estimate of drug-likeness (QED) is 0.0859. The summed E-state index contributed by atoms with van der Waals surface area (Å²) >= 11 is 0. The Labute approximate surface area is 268 Å². The molecule has 16 nitrogen and oxygen atoms in total. The fourth-order valence-electron chi connectivity index (χ4n) is 5.10. The zero-order chi connectivity index (χ0) is 34.4. The molecule has 258 valence electrons. The van der Waals surface area contributed by atoms with Gasteiger partial charge in [-0.25, -0.2) is 4.79 Å². The molecule has 2 aliphatic heterocycles. The van der Waals surface area contributed by atoms with Crippen LogP contribution in [0.3, 0.4) is 0 Å². The molecule has 2 fully saturated rings. The topological polar surface area (TPSA) is 251 Å². The average Bonchev–Trinajstić information content (AvgIpc) is 3.02. The molecule has 0 aromatic heterocycles. The first kappa shape index (κ1) is 35.8. The van der Waals surface area contributed by atoms with Gasteiger partial charge >= 0.3 is 11.9 Å². The summed E-state index contributed by atoms with van der Waals surface area (Å²) in [6.07, 6.45) is -12.6. The summed E-state index contributed by atoms with van der Waals surface area (Å²) in [6, 6.07) is 7.95. The standard InChI is InChI=1S/C31H38O16/c1-14-27(44-15(2)33)24(39)25(40)31(43-14)47-29-26(41)30(42-10-9-17-4-7-19(35)21(37)12-17)45-22(13-32)28(29)46-23(38)8-5-16-3-6-18(34)20(36)11-16/h3-8,11-12,14,22,24-32,34-37,39-41H,9-10,13H2,1-2H3/t14-,22+,24-,25+,26+,27-,28+,29+,30+,31-/m0/s1. The van der Waals surface area contributed by atoms with Crippen LogP contribution < -0.4 is 0 Å². The van der Waals surface area contributed by atoms with Gasteiger partial charge in [-0.1, -0.05) is 12.1 Å². The highest BCUT2D eigenvalue weighted by Crippen LogP contribution is 2.33. The first-order valence-electron chi connectivity index (χ1n) is 14.6. The van der Waals surface area contributed by atoms with Crippen molar-refractivity contribution in [1.29, 1.82) is 0 Å². The van der Waals surface area contributed by atoms with Crippen molar-refractivity contribution in [3.63, 3.8) is 0 Å². The zero-order valence-electron chi connectivity index (χ0n) is 25.4. The maximum absolute atomic E-state index is 12.9. The molecule has 2 aromatic carbocycles. The van der Waals surface area contributed by atoms with Crippen molar-refractivity contribution in [1.82, 2.24) is 0 Å². The van der Waals surface area contributed by atoms with Gasteiger partial charge in [0.15, 0.2) is 47.8 Å². The Hall–Kier alpha value is -4.00. The van der Waals surface area contributed by atoms with Gasteiger partial charge in [-0.05, 0) is 54.8 Å². The van der Waals surface area contributed by atoms with Gasteiger partial charge in [-0.3, -0.25) is 4.79 Å². The van der Waals surface area contributed by atoms with Crippen LogP contribution in [0, 0.1) is 0 Å². The van der Waals surface area contributed by atoms with E-state index in [1.165, 1.54) is 43.3 Å². The summed E-state index contributed by atoms with van der Waals surface area (Å²) in [5.74, 6) is -3.17. The lowest BCUT2D eigenvalue weighted by Crippen LogP contribution is -2.65. The van der Waals surface area contributed by atoms with Crippen molar-refractivity contribution in [2.75, 3.05) is 13.2 Å². The highest BCUT2D eigenvalue weighted by molar-refractivity contribution is 5.87. The number of hydrogen-bond donors (Lipinski definition) is 8. The van der Waals surface area contributed by atoms with Crippen LogP contribution in [0.1, 0.15) is 25.0 Å². The van der Waals surface area contributed by atoms with Gasteiger partial charge in [0, 0.05) is 13.0 Å². The maximum atomic E-state index is 12.9. The minimum Gasteiger partial charge on any atom is -0.504 e. The van der Waals surface area contributed by atoms with Crippen molar-refractivity contribution < 1.29 is 78.9 Å². The lowest BCUT2D eigenvalue weighted by molar-refractivity contribution is -0.357. The van der Waals surface area contributed by atoms with E-state index in [-0.39, 0.29) is 30.3 Å². The zero-order valence-corrected chi connectivity index (χ0v) is 25.4. The Kier molecular flexibility index (Phi) is 12.0. The second kappa shape index (κ2) is 15.7. The van der Waals surface area contributed by atoms with Crippen LogP contribution in [0.4, 0.5) is 0 Å². The van der Waals surface area contributed by atoms with Gasteiger partial charge in [0.25, 0.3) is 0 Å². The van der Waals surface area contributed by atoms with Crippen LogP contribution >= 0.6 is 0 Å². The summed E-state index contributed by atoms with van der Waals surface area (Å²) in [7, 11) is 0. The number of carbonyl (C=O) groups excluding carboxylic acids is 2. The summed E-state index contributed by atoms with van der Waals surface area (Å²) in [4.78, 5) is 24.4. The van der Waals surface area contributed by atoms with Crippen LogP contribution in [-0.2, 0) is 44.4 Å². The third-order valence-electron chi connectivity index (χ3n) is 7.54. The van der Waals surface area contributed by atoms with Crippen LogP contribution in [0.15, 0.2) is 42.5 Å². The van der Waals surface area contributed by atoms with E-state index in [1.54, 1.807) is 6.07 Å². The van der Waals surface area contributed by atoms with Gasteiger partial charge in [0.05, 0.1) is 19.3 Å². The Morgan fingerprint density at radius 1 is 0.809 bits per heavy atom. The number of aromatic hydroxyl groups is 4. The largest absolute Gasteiger partial charge is 0.504 e. The Bertz CT molecular complexity index is 1410. The number of aliphatic hydroxyl groups excluding tert-OH is 4. The lowest BCUT2D eigenvalue weighted by atomic mass is 9.96. The SMILES string of the molecule is CC(=O)O[C@@H]1[C@@H](O)[C@@H](O)[C@H](O[C@@H]2[C@@H](O)[C@H](OCCc3ccc(O)c(O)c3)O[C@H](CO)[C@H]2OC(=O)C=Cc2ccc(O)c(O)c2)O[C@H]1C. The second-order valence-electron chi connectivity index (χ2n) is 11.0. The smallest absolute Gasteiger partial charge is 0.331 e. The average molecular weight is 667 g/mol. The number of hydrogen-bond acceptors (Lipinski definition) is 16. The van der Waals surface area contributed by atoms with Gasteiger partial charge in [0.2, 0.25) is 0 Å². The predicted molar refractivity (Wildman–Crippen MR) is 157 cm³/mol. The molecule has 4 rings (SSSR count). The summed E-state index contributed by atoms with van der Waals surface area (Å²) in [6.45, 7) is 1.72. The van der Waals surface area contributed by atoms with Crippen LogP contribution in [0.5, 0.6) is 23.0 Å². The Balaban J connectivity index is 1.54. The molecule has 16 heteroatoms. The highest BCUT2D eigenvalue weighted by Gasteiger charge is 2.53. The third kappa shape index (κ3) is 8.88. The summed E-state index contributed by atoms with van der Waals surface area (Å²) in [5.41, 5.74) is 0.893. The molecule has 0 aliphatic carbocycles. The van der Waals surface area contributed by atoms with Crippen LogP contribution in [0.25, 0.3) is 6.08 Å². The first-order chi connectivity index (χ1) is 22.3. The number of carbonyl (C=O) groups is 2. The van der Waals surface area contributed by atoms with E-state index in [0.29, 0.717) is 11.1 Å². The van der Waals surface area contributed by atoms with E-state index in [2.05, 4.69) is 0 Å². The molecule has 2 aliphatic rings. The molecule has 2 heterocycles. The molecule has 10 atom stereocenters. The molecule has 8 N–H and O–H groups in total. The maximum Gasteiger partial charge on any atom is 0.331 e. The van der Waals surface area contributed by atoms with E-state index in [0.717, 1.165) is 13.0 Å². The molecule has 2 aromatic rings. The number of phenols is 4. The summed E-state index contributed by atoms with van der Waals surface area (Å²) in [5, 5.41) is 81.5. The second-order valence-corrected chi connectivity index (χ2v) is 11.0. The minimum atomic E-state index is -1.81. The van der Waals surface area contributed by atoms with Crippen molar-refractivity contribution >= 4 is 18.0 Å². The molecule has 0 unspecified atom stereocenters. The number of phenolic OH excluding ortho intramolecular Hbond substituents is 4. The third-order valence-corrected chi connectivity index (χ3v) is 7.54. The molecule has 0 saturated carbocycles. The minimum absolute atomic E-state index is 0.0914. The lowest BCUT2D eigenvalue weighted by Gasteiger charge is -2.46. The van der Waals surface area contributed by atoms with Gasteiger partial charge in [0.1, 0.15) is 30.5 Å². The molecule has 0 radical (unpaired) electrons. The number of rotatable bonds is 11. The highest BCUT2D eigenvalue weighted by atomic mass is 16.7. The molecule has 47 heavy (non-hydrogen) atoms. The molecular weight excluding hydrogens is 628 g/mol. The van der Waals surface area contributed by atoms with Crippen molar-refractivity contribution in [2.24, 2.45) is 0 Å². The first-order valence-corrected chi connectivity index (χ1v) is 14.6. The number of ether oxygens (including phenoxy) is 6. The molecule has 0 amide bonds. The Morgan fingerprint density at radius 3 is 2.13 bits per heavy atom. The van der Waals surface area contributed by atoms with Crippen LogP contribution in [0.2, 0.25) is 0 Å². The van der Waals surface area contributed by atoms with Gasteiger partial charge < -0.3 is 69.3 Å². The van der Waals surface area contributed by atoms with Crippen molar-refractivity contribution in [3.8, 4) is 23.0 Å². The molecular formula is C31H38O16. The number of aliphatic hydroxyl groups is 4. The van der Waals surface area contributed by atoms with E-state index >= 15 is 0 Å². The normalized spacial score (nSPS) is 31.0. The number of esters is 2. The van der Waals surface area contributed by atoms with Crippen molar-refractivity contribution in [3.05, 3.63) is 53.6 Å². The van der Waals surface area contributed by atoms with E-state index in [1.807, 2.05) is 0 Å². The molecule has 2 saturated heterocycles. The molecule has 0 bridgehead atoms. The Morgan fingerprint density at radius 2 is 1.49 bits per heavy atom. The van der Waals surface area contributed by atoms with E-state index < -0.39 is 85.7 Å². The van der Waals surface area contributed by atoms with Crippen molar-refractivity contribution in [2.45, 2.75) is 81.7 Å². The fourth-order valence-corrected chi connectivity index (χ4v) is 5.10. The van der Waals surface area contributed by atoms with Gasteiger partial charge in [-0.15, -0.1) is 0 Å². The summed E-state index contributed by atoms with van der Waals surface area (Å²) < 4.78 is 33.6. The monoisotopic (exact) mass is 666 g/mol. The number of benzene rings is 2. The van der Waals surface area contributed by atoms with E-state index in [9.17, 15) is 50.4 Å². The van der Waals surface area contributed by atoms with E-state index in [4.69, 9.17) is 28.4 Å². The van der Waals surface area contributed by atoms with Crippen LogP contribution in [-0.4, -0.2) is 127 Å². The van der Waals surface area contributed by atoms with Gasteiger partial charge in [-0.2, -0.15) is 0 Å². The molecule has 0 spiro atoms. The predicted octanol–water partition coefficient (Wildman–Crippen LogP) is -0.445.